The second kappa shape index (κ2) is 14.8. The molecule has 0 radical (unpaired) electrons. The van der Waals surface area contributed by atoms with Gasteiger partial charge in [0.2, 0.25) is 0 Å². The van der Waals surface area contributed by atoms with Crippen LogP contribution in [0, 0.1) is 13.8 Å². The highest BCUT2D eigenvalue weighted by atomic mass is 32.1. The molecule has 0 N–H and O–H groups in total. The van der Waals surface area contributed by atoms with Crippen LogP contribution in [0.25, 0.3) is 11.8 Å². The Labute approximate surface area is 286 Å². The van der Waals surface area contributed by atoms with Crippen molar-refractivity contribution in [2.75, 3.05) is 34.0 Å². The van der Waals surface area contributed by atoms with Gasteiger partial charge in [0.05, 0.1) is 54.8 Å². The molecule has 0 saturated heterocycles. The average Bonchev–Trinajstić information content (AvgIpc) is 3.55. The summed E-state index contributed by atoms with van der Waals surface area (Å²) in [5.74, 6) is -0.930. The molecule has 0 unspecified atom stereocenters. The number of rotatable bonds is 11. The largest absolute Gasteiger partial charge is 0.490 e. The number of esters is 3. The summed E-state index contributed by atoms with van der Waals surface area (Å²) >= 11 is 1.22. The van der Waals surface area contributed by atoms with Crippen molar-refractivity contribution in [2.24, 2.45) is 4.99 Å². The second-order valence-corrected chi connectivity index (χ2v) is 12.0. The van der Waals surface area contributed by atoms with Gasteiger partial charge in [-0.15, -0.1) is 0 Å². The number of nitrogens with zero attached hydrogens (tertiary/aromatic N) is 3. The molecule has 49 heavy (non-hydrogen) atoms. The van der Waals surface area contributed by atoms with Crippen LogP contribution in [0.5, 0.6) is 11.5 Å². The molecule has 0 spiro atoms. The number of ether oxygens (including phenoxy) is 5. The summed E-state index contributed by atoms with van der Waals surface area (Å²) in [6, 6.07) is 13.2. The first-order chi connectivity index (χ1) is 23.5. The van der Waals surface area contributed by atoms with Crippen molar-refractivity contribution < 1.29 is 38.1 Å². The van der Waals surface area contributed by atoms with E-state index in [0.29, 0.717) is 44.3 Å². The summed E-state index contributed by atoms with van der Waals surface area (Å²) in [4.78, 5) is 56.4. The van der Waals surface area contributed by atoms with E-state index in [1.54, 1.807) is 44.2 Å². The smallest absolute Gasteiger partial charge is 0.343 e. The van der Waals surface area contributed by atoms with E-state index in [9.17, 15) is 19.2 Å². The summed E-state index contributed by atoms with van der Waals surface area (Å²) in [6.45, 7) is 9.26. The highest BCUT2D eigenvalue weighted by Crippen LogP contribution is 2.36. The average molecular weight is 688 g/mol. The quantitative estimate of drug-likeness (QED) is 0.170. The fourth-order valence-corrected chi connectivity index (χ4v) is 6.76. The van der Waals surface area contributed by atoms with Gasteiger partial charge in [0.25, 0.3) is 5.56 Å². The van der Waals surface area contributed by atoms with Crippen LogP contribution in [0.2, 0.25) is 0 Å². The minimum atomic E-state index is -0.882. The van der Waals surface area contributed by atoms with Gasteiger partial charge in [0.1, 0.15) is 0 Å². The highest BCUT2D eigenvalue weighted by molar-refractivity contribution is 7.07. The van der Waals surface area contributed by atoms with Crippen LogP contribution in [-0.2, 0) is 23.8 Å². The standard InChI is InChI=1S/C36H37N3O9S/c1-8-46-28-17-24(12-15-27(28)48-19-30(40)44-6)32-31(35(43)47-9-2)21(4)37-36-39(32)33(41)29(49-36)18-25-16-20(3)38(22(25)5)26-13-10-23(11-14-26)34(42)45-7/h10-18,32H,8-9,19H2,1-7H3/b29-18-/t32-/m1/s1. The Kier molecular flexibility index (Phi) is 10.5. The fraction of sp³-hybridized carbons (Fsp3) is 0.306. The number of carbonyl (C=O) groups is 3. The number of aromatic nitrogens is 2. The lowest BCUT2D eigenvalue weighted by Crippen LogP contribution is -2.40. The van der Waals surface area contributed by atoms with Gasteiger partial charge in [-0.25, -0.2) is 19.4 Å². The minimum Gasteiger partial charge on any atom is -0.490 e. The molecule has 0 saturated carbocycles. The molecule has 5 rings (SSSR count). The first kappa shape index (κ1) is 34.9. The van der Waals surface area contributed by atoms with Crippen molar-refractivity contribution >= 4 is 35.3 Å². The maximum Gasteiger partial charge on any atom is 0.343 e. The summed E-state index contributed by atoms with van der Waals surface area (Å²) in [5, 5.41) is 0. The number of hydrogen-bond donors (Lipinski definition) is 0. The first-order valence-electron chi connectivity index (χ1n) is 15.6. The summed E-state index contributed by atoms with van der Waals surface area (Å²) in [6.07, 6.45) is 1.82. The van der Waals surface area contributed by atoms with E-state index in [4.69, 9.17) is 18.9 Å². The van der Waals surface area contributed by atoms with Crippen molar-refractivity contribution in [1.29, 1.82) is 0 Å². The molecule has 0 bridgehead atoms. The van der Waals surface area contributed by atoms with Gasteiger partial charge < -0.3 is 28.3 Å². The highest BCUT2D eigenvalue weighted by Gasteiger charge is 2.34. The van der Waals surface area contributed by atoms with Crippen LogP contribution in [-0.4, -0.2) is 61.1 Å². The molecule has 12 nitrogen and oxygen atoms in total. The molecule has 4 aromatic rings. The minimum absolute atomic E-state index is 0.137. The summed E-state index contributed by atoms with van der Waals surface area (Å²) in [7, 11) is 2.61. The number of methoxy groups -OCH3 is 2. The maximum atomic E-state index is 14.3. The molecule has 3 heterocycles. The monoisotopic (exact) mass is 687 g/mol. The van der Waals surface area contributed by atoms with Gasteiger partial charge in [-0.3, -0.25) is 9.36 Å². The topological polar surface area (TPSA) is 137 Å². The second-order valence-electron chi connectivity index (χ2n) is 11.0. The van der Waals surface area contributed by atoms with Crippen LogP contribution in [0.1, 0.15) is 59.7 Å². The van der Waals surface area contributed by atoms with E-state index in [1.165, 1.54) is 30.1 Å². The molecular weight excluding hydrogens is 650 g/mol. The molecule has 0 fully saturated rings. The van der Waals surface area contributed by atoms with Crippen LogP contribution in [0.15, 0.2) is 69.6 Å². The van der Waals surface area contributed by atoms with E-state index in [1.807, 2.05) is 49.6 Å². The van der Waals surface area contributed by atoms with E-state index in [-0.39, 0.29) is 24.3 Å². The Balaban J connectivity index is 1.63. The number of hydrogen-bond acceptors (Lipinski definition) is 11. The third kappa shape index (κ3) is 6.93. The molecule has 0 aliphatic carbocycles. The van der Waals surface area contributed by atoms with Crippen LogP contribution >= 0.6 is 11.3 Å². The van der Waals surface area contributed by atoms with Gasteiger partial charge in [-0.1, -0.05) is 17.4 Å². The van der Waals surface area contributed by atoms with Crippen LogP contribution in [0.3, 0.4) is 0 Å². The van der Waals surface area contributed by atoms with Crippen molar-refractivity contribution in [2.45, 2.75) is 40.7 Å². The van der Waals surface area contributed by atoms with Gasteiger partial charge in [0.15, 0.2) is 22.9 Å². The van der Waals surface area contributed by atoms with Gasteiger partial charge in [-0.2, -0.15) is 0 Å². The zero-order valence-corrected chi connectivity index (χ0v) is 29.1. The molecular formula is C36H37N3O9S. The molecule has 1 aliphatic rings. The summed E-state index contributed by atoms with van der Waals surface area (Å²) in [5.41, 5.74) is 4.81. The molecule has 256 valence electrons. The number of allylic oxidation sites excluding steroid dienone is 1. The van der Waals surface area contributed by atoms with Crippen molar-refractivity contribution in [3.63, 3.8) is 0 Å². The fourth-order valence-electron chi connectivity index (χ4n) is 5.72. The van der Waals surface area contributed by atoms with Gasteiger partial charge in [-0.05, 0) is 94.3 Å². The van der Waals surface area contributed by atoms with Crippen LogP contribution < -0.4 is 24.4 Å². The van der Waals surface area contributed by atoms with E-state index in [2.05, 4.69) is 9.73 Å². The molecule has 13 heteroatoms. The van der Waals surface area contributed by atoms with Crippen LogP contribution in [0.4, 0.5) is 0 Å². The maximum absolute atomic E-state index is 14.3. The lowest BCUT2D eigenvalue weighted by Gasteiger charge is -2.25. The number of thiazole rings is 1. The van der Waals surface area contributed by atoms with E-state index >= 15 is 0 Å². The molecule has 2 aromatic heterocycles. The molecule has 1 aliphatic heterocycles. The Morgan fingerprint density at radius 3 is 2.29 bits per heavy atom. The molecule has 0 amide bonds. The number of aryl methyl sites for hydroxylation is 1. The first-order valence-corrected chi connectivity index (χ1v) is 16.4. The van der Waals surface area contributed by atoms with Crippen molar-refractivity contribution in [3.8, 4) is 17.2 Å². The van der Waals surface area contributed by atoms with Crippen molar-refractivity contribution in [1.82, 2.24) is 9.13 Å². The zero-order valence-electron chi connectivity index (χ0n) is 28.3. The third-order valence-corrected chi connectivity index (χ3v) is 8.96. The summed E-state index contributed by atoms with van der Waals surface area (Å²) < 4.78 is 30.4. The number of benzene rings is 2. The van der Waals surface area contributed by atoms with E-state index in [0.717, 1.165) is 22.6 Å². The zero-order chi connectivity index (χ0) is 35.4. The normalized spacial score (nSPS) is 14.2. The molecule has 2 aromatic carbocycles. The Bertz CT molecular complexity index is 2140. The van der Waals surface area contributed by atoms with Gasteiger partial charge >= 0.3 is 17.9 Å². The lowest BCUT2D eigenvalue weighted by atomic mass is 9.95. The van der Waals surface area contributed by atoms with Crippen molar-refractivity contribution in [3.05, 3.63) is 108 Å². The number of carbonyl (C=O) groups excluding carboxylic acids is 3. The Morgan fingerprint density at radius 1 is 0.898 bits per heavy atom. The molecule has 1 atom stereocenters. The lowest BCUT2D eigenvalue weighted by molar-refractivity contribution is -0.143. The Hall–Kier alpha value is -5.43. The third-order valence-electron chi connectivity index (χ3n) is 7.98. The van der Waals surface area contributed by atoms with Gasteiger partial charge in [0, 0.05) is 17.1 Å². The SMILES string of the molecule is CCOC(=O)C1=C(C)N=c2s/c(=C\c3cc(C)n(-c4ccc(C(=O)OC)cc4)c3C)c(=O)n2[C@@H]1c1ccc(OCC(=O)OC)c(OCC)c1. The predicted octanol–water partition coefficient (Wildman–Crippen LogP) is 3.94. The predicted molar refractivity (Wildman–Crippen MR) is 182 cm³/mol. The Morgan fingerprint density at radius 2 is 1.63 bits per heavy atom. The van der Waals surface area contributed by atoms with E-state index < -0.39 is 23.9 Å². The number of fused-ring (bicyclic) bond motifs is 1.